The van der Waals surface area contributed by atoms with Gasteiger partial charge < -0.3 is 10.1 Å². The molecule has 0 fully saturated rings. The van der Waals surface area contributed by atoms with Crippen LogP contribution in [0.5, 0.6) is 5.88 Å². The van der Waals surface area contributed by atoms with Crippen LogP contribution in [0.4, 0.5) is 5.69 Å². The second kappa shape index (κ2) is 6.97. The van der Waals surface area contributed by atoms with Crippen LogP contribution in [0.1, 0.15) is 17.5 Å². The molecule has 0 aliphatic rings. The highest BCUT2D eigenvalue weighted by Crippen LogP contribution is 2.41. The number of aryl methyl sites for hydroxylation is 2. The number of aromatic hydroxyl groups is 1. The van der Waals surface area contributed by atoms with Crippen LogP contribution in [-0.4, -0.2) is 16.0 Å². The molecule has 0 aliphatic heterocycles. The average Bonchev–Trinajstić information content (AvgIpc) is 2.91. The Morgan fingerprint density at radius 1 is 1.21 bits per heavy atom. The van der Waals surface area contributed by atoms with Gasteiger partial charge in [-0.3, -0.25) is 4.79 Å². The monoisotopic (exact) mass is 385 g/mol. The highest BCUT2D eigenvalue weighted by atomic mass is 79.9. The number of rotatable bonds is 4. The van der Waals surface area contributed by atoms with Gasteiger partial charge in [0.05, 0.1) is 5.52 Å². The molecule has 24 heavy (non-hydrogen) atoms. The van der Waals surface area contributed by atoms with Gasteiger partial charge in [0, 0.05) is 16.3 Å². The molecule has 0 spiro atoms. The number of hydrogen-bond acceptors (Lipinski definition) is 3. The van der Waals surface area contributed by atoms with Crippen LogP contribution in [-0.2, 0) is 11.2 Å². The highest BCUT2D eigenvalue weighted by Gasteiger charge is 2.15. The van der Waals surface area contributed by atoms with Crippen molar-refractivity contribution >= 4 is 38.4 Å². The van der Waals surface area contributed by atoms with Crippen LogP contribution in [0.3, 0.4) is 0 Å². The summed E-state index contributed by atoms with van der Waals surface area (Å²) >= 11 is 3.50. The predicted molar refractivity (Wildman–Crippen MR) is 96.7 cm³/mol. The Balaban J connectivity index is 1.79. The number of halogens is 1. The Hall–Kier alpha value is -2.47. The van der Waals surface area contributed by atoms with Crippen molar-refractivity contribution in [2.75, 3.05) is 0 Å². The topological polar surface area (TPSA) is 77.8 Å². The van der Waals surface area contributed by atoms with Crippen LogP contribution in [0, 0.1) is 6.92 Å². The van der Waals surface area contributed by atoms with Gasteiger partial charge in [0.1, 0.15) is 0 Å². The van der Waals surface area contributed by atoms with E-state index in [0.717, 1.165) is 21.1 Å². The zero-order valence-corrected chi connectivity index (χ0v) is 14.7. The zero-order valence-electron chi connectivity index (χ0n) is 13.1. The number of fused-ring (bicyclic) bond motifs is 1. The second-order valence-corrected chi connectivity index (χ2v) is 6.31. The fourth-order valence-corrected chi connectivity index (χ4v) is 3.00. The number of hydrogen-bond donors (Lipinski definition) is 2. The quantitative estimate of drug-likeness (QED) is 0.606. The van der Waals surface area contributed by atoms with E-state index in [1.807, 2.05) is 49.4 Å². The smallest absolute Gasteiger partial charge is 0.265 e. The number of carbonyl (C=O) groups is 1. The van der Waals surface area contributed by atoms with Crippen molar-refractivity contribution in [2.24, 2.45) is 10.2 Å². The third-order valence-corrected chi connectivity index (χ3v) is 4.80. The minimum Gasteiger partial charge on any atom is -0.493 e. The van der Waals surface area contributed by atoms with Gasteiger partial charge in [-0.15, -0.1) is 10.2 Å². The Bertz CT molecular complexity index is 917. The van der Waals surface area contributed by atoms with Crippen LogP contribution in [0.15, 0.2) is 57.2 Å². The molecule has 0 saturated carbocycles. The summed E-state index contributed by atoms with van der Waals surface area (Å²) in [5, 5.41) is 18.5. The minimum absolute atomic E-state index is 0.101. The lowest BCUT2D eigenvalue weighted by molar-refractivity contribution is -0.118. The number of nitrogens with zero attached hydrogens (tertiary/aromatic N) is 2. The second-order valence-electron chi connectivity index (χ2n) is 5.52. The molecule has 3 rings (SSSR count). The highest BCUT2D eigenvalue weighted by molar-refractivity contribution is 9.10. The minimum atomic E-state index is -0.323. The van der Waals surface area contributed by atoms with Crippen molar-refractivity contribution in [3.05, 3.63) is 58.1 Å². The zero-order chi connectivity index (χ0) is 17.1. The molecule has 6 heteroatoms. The first-order valence-electron chi connectivity index (χ1n) is 7.54. The van der Waals surface area contributed by atoms with Crippen LogP contribution in [0.25, 0.3) is 10.9 Å². The van der Waals surface area contributed by atoms with E-state index in [9.17, 15) is 9.90 Å². The van der Waals surface area contributed by atoms with Gasteiger partial charge in [0.15, 0.2) is 5.69 Å². The van der Waals surface area contributed by atoms with Crippen LogP contribution in [0.2, 0.25) is 0 Å². The number of aromatic nitrogens is 1. The lowest BCUT2D eigenvalue weighted by atomic mass is 10.1. The Morgan fingerprint density at radius 3 is 2.71 bits per heavy atom. The van der Waals surface area contributed by atoms with E-state index in [-0.39, 0.29) is 23.9 Å². The molecule has 1 aromatic heterocycles. The molecular formula is C18H16BrN3O2. The maximum Gasteiger partial charge on any atom is 0.265 e. The van der Waals surface area contributed by atoms with Crippen molar-refractivity contribution in [1.82, 2.24) is 4.98 Å². The number of azo groups is 1. The molecule has 3 aromatic rings. The van der Waals surface area contributed by atoms with Crippen molar-refractivity contribution in [2.45, 2.75) is 19.8 Å². The van der Waals surface area contributed by atoms with Gasteiger partial charge in [-0.1, -0.05) is 36.4 Å². The molecule has 0 saturated heterocycles. The van der Waals surface area contributed by atoms with E-state index in [1.54, 1.807) is 0 Å². The number of nitrogens with one attached hydrogen (secondary N) is 1. The summed E-state index contributed by atoms with van der Waals surface area (Å²) in [6.45, 7) is 1.94. The summed E-state index contributed by atoms with van der Waals surface area (Å²) in [5.41, 5.74) is 3.09. The van der Waals surface area contributed by atoms with Crippen molar-refractivity contribution in [3.8, 4) is 5.88 Å². The van der Waals surface area contributed by atoms with Gasteiger partial charge in [0.2, 0.25) is 5.88 Å². The molecule has 122 valence electrons. The van der Waals surface area contributed by atoms with E-state index in [1.165, 1.54) is 0 Å². The maximum atomic E-state index is 11.9. The summed E-state index contributed by atoms with van der Waals surface area (Å²) in [7, 11) is 0. The summed E-state index contributed by atoms with van der Waals surface area (Å²) in [4.78, 5) is 14.8. The molecule has 0 aliphatic carbocycles. The van der Waals surface area contributed by atoms with Crippen molar-refractivity contribution < 1.29 is 9.90 Å². The Kier molecular flexibility index (Phi) is 4.76. The largest absolute Gasteiger partial charge is 0.493 e. The SMILES string of the molecule is Cc1ccc2[nH]c(O)c(N=NC(=O)CCc3ccccc3)c2c1Br. The van der Waals surface area contributed by atoms with Gasteiger partial charge in [-0.05, 0) is 46.5 Å². The molecule has 2 aromatic carbocycles. The molecule has 0 radical (unpaired) electrons. The first-order valence-corrected chi connectivity index (χ1v) is 8.34. The Morgan fingerprint density at radius 2 is 1.96 bits per heavy atom. The summed E-state index contributed by atoms with van der Waals surface area (Å²) in [6, 6.07) is 13.5. The summed E-state index contributed by atoms with van der Waals surface area (Å²) < 4.78 is 0.822. The molecule has 1 heterocycles. The molecule has 0 bridgehead atoms. The number of H-pyrrole nitrogens is 1. The number of benzene rings is 2. The Labute approximate surface area is 147 Å². The molecule has 5 nitrogen and oxygen atoms in total. The number of carbonyl (C=O) groups excluding carboxylic acids is 1. The van der Waals surface area contributed by atoms with Crippen LogP contribution < -0.4 is 0 Å². The lowest BCUT2D eigenvalue weighted by Gasteiger charge is -2.00. The van der Waals surface area contributed by atoms with Gasteiger partial charge in [-0.25, -0.2) is 0 Å². The third kappa shape index (κ3) is 3.38. The maximum absolute atomic E-state index is 11.9. The standard InChI is InChI=1S/C18H16BrN3O2/c1-11-7-9-13-15(16(11)19)17(18(24)20-13)22-21-14(23)10-8-12-5-3-2-4-6-12/h2-7,9,20,24H,8,10H2,1H3. The van der Waals surface area contributed by atoms with E-state index in [4.69, 9.17) is 0 Å². The summed E-state index contributed by atoms with van der Waals surface area (Å²) in [6.07, 6.45) is 0.887. The van der Waals surface area contributed by atoms with Gasteiger partial charge in [0.25, 0.3) is 5.91 Å². The first kappa shape index (κ1) is 16.4. The average molecular weight is 386 g/mol. The predicted octanol–water partition coefficient (Wildman–Crippen LogP) is 5.19. The number of aromatic amines is 1. The van der Waals surface area contributed by atoms with E-state index in [0.29, 0.717) is 11.8 Å². The first-order chi connectivity index (χ1) is 11.6. The molecular weight excluding hydrogens is 370 g/mol. The molecule has 0 unspecified atom stereocenters. The third-order valence-electron chi connectivity index (χ3n) is 3.78. The van der Waals surface area contributed by atoms with E-state index < -0.39 is 0 Å². The van der Waals surface area contributed by atoms with Crippen molar-refractivity contribution in [1.29, 1.82) is 0 Å². The lowest BCUT2D eigenvalue weighted by Crippen LogP contribution is -1.95. The normalized spacial score (nSPS) is 11.4. The van der Waals surface area contributed by atoms with Gasteiger partial charge in [-0.2, -0.15) is 0 Å². The van der Waals surface area contributed by atoms with Crippen LogP contribution >= 0.6 is 15.9 Å². The summed E-state index contributed by atoms with van der Waals surface area (Å²) in [5.74, 6) is -0.424. The fourth-order valence-electron chi connectivity index (χ4n) is 2.47. The van der Waals surface area contributed by atoms with Gasteiger partial charge >= 0.3 is 0 Å². The fraction of sp³-hybridized carbons (Fsp3) is 0.167. The molecule has 1 amide bonds. The number of amides is 1. The van der Waals surface area contributed by atoms with E-state index in [2.05, 4.69) is 31.1 Å². The van der Waals surface area contributed by atoms with Crippen molar-refractivity contribution in [3.63, 3.8) is 0 Å². The molecule has 0 atom stereocenters. The molecule has 2 N–H and O–H groups in total. The van der Waals surface area contributed by atoms with E-state index >= 15 is 0 Å².